The Balaban J connectivity index is 1.24. The highest BCUT2D eigenvalue weighted by atomic mass is 15.3. The molecule has 6 heteroatoms. The number of rotatable bonds is 7. The molecule has 2 aromatic rings. The largest absolute Gasteiger partial charge is 0.356 e. The highest BCUT2D eigenvalue weighted by Crippen LogP contribution is 2.43. The number of nitrogens with one attached hydrogen (secondary N) is 2. The van der Waals surface area contributed by atoms with E-state index in [1.807, 2.05) is 7.05 Å². The summed E-state index contributed by atoms with van der Waals surface area (Å²) in [6.45, 7) is 2.91. The van der Waals surface area contributed by atoms with E-state index in [-0.39, 0.29) is 5.41 Å². The highest BCUT2D eigenvalue weighted by Gasteiger charge is 2.38. The van der Waals surface area contributed by atoms with Gasteiger partial charge in [-0.25, -0.2) is 0 Å². The summed E-state index contributed by atoms with van der Waals surface area (Å²) < 4.78 is 2.35. The predicted molar refractivity (Wildman–Crippen MR) is 117 cm³/mol. The van der Waals surface area contributed by atoms with Crippen molar-refractivity contribution in [3.63, 3.8) is 0 Å². The second-order valence-electron chi connectivity index (χ2n) is 8.45. The lowest BCUT2D eigenvalue weighted by molar-refractivity contribution is 0.244. The van der Waals surface area contributed by atoms with E-state index in [1.165, 1.54) is 49.9 Å². The molecule has 0 saturated heterocycles. The lowest BCUT2D eigenvalue weighted by atomic mass is 9.64. The summed E-state index contributed by atoms with van der Waals surface area (Å²) in [5.41, 5.74) is 1.71. The summed E-state index contributed by atoms with van der Waals surface area (Å²) in [5, 5.41) is 15.9. The van der Waals surface area contributed by atoms with Crippen LogP contribution in [-0.4, -0.2) is 40.9 Å². The first-order chi connectivity index (χ1) is 14.3. The Bertz CT molecular complexity index is 806. The smallest absolute Gasteiger partial charge is 0.191 e. The molecule has 2 aliphatic rings. The molecule has 0 atom stereocenters. The van der Waals surface area contributed by atoms with Gasteiger partial charge in [-0.15, -0.1) is 10.2 Å². The second kappa shape index (κ2) is 9.42. The molecule has 6 nitrogen and oxygen atoms in total. The molecule has 1 aromatic carbocycles. The summed E-state index contributed by atoms with van der Waals surface area (Å²) in [7, 11) is 1.85. The van der Waals surface area contributed by atoms with Crippen LogP contribution in [0.1, 0.15) is 62.2 Å². The van der Waals surface area contributed by atoms with Crippen molar-refractivity contribution in [2.24, 2.45) is 4.99 Å². The lowest BCUT2D eigenvalue weighted by Gasteiger charge is -2.43. The van der Waals surface area contributed by atoms with E-state index in [0.717, 1.165) is 50.7 Å². The maximum atomic E-state index is 4.44. The van der Waals surface area contributed by atoms with Crippen molar-refractivity contribution in [2.45, 2.75) is 69.7 Å². The van der Waals surface area contributed by atoms with Crippen LogP contribution in [0.3, 0.4) is 0 Å². The van der Waals surface area contributed by atoms with Gasteiger partial charge < -0.3 is 15.2 Å². The molecular weight excluding hydrogens is 360 g/mol. The van der Waals surface area contributed by atoms with Crippen molar-refractivity contribution in [1.29, 1.82) is 0 Å². The van der Waals surface area contributed by atoms with Crippen molar-refractivity contribution in [3.8, 4) is 0 Å². The van der Waals surface area contributed by atoms with Crippen LogP contribution in [0.15, 0.2) is 35.3 Å². The SMILES string of the molecule is CN=C(NCCCc1nnc2n1CCCCC2)NCC1(c2ccccc2)CCC1. The van der Waals surface area contributed by atoms with Crippen LogP contribution in [0.2, 0.25) is 0 Å². The zero-order valence-corrected chi connectivity index (χ0v) is 17.7. The number of aromatic nitrogens is 3. The standard InChI is InChI=1S/C23H34N6/c1-24-22(26-18-23(14-9-15-23)19-10-4-2-5-11-19)25-16-8-13-21-28-27-20-12-6-3-7-17-29(20)21/h2,4-5,10-11H,3,6-9,12-18H2,1H3,(H2,24,25,26). The van der Waals surface area contributed by atoms with Crippen LogP contribution in [0.25, 0.3) is 0 Å². The fraction of sp³-hybridized carbons (Fsp3) is 0.609. The fourth-order valence-electron chi connectivity index (χ4n) is 4.62. The molecule has 1 aliphatic carbocycles. The molecule has 29 heavy (non-hydrogen) atoms. The van der Waals surface area contributed by atoms with E-state index in [4.69, 9.17) is 0 Å². The first-order valence-electron chi connectivity index (χ1n) is 11.2. The van der Waals surface area contributed by atoms with Crippen molar-refractivity contribution in [1.82, 2.24) is 25.4 Å². The number of guanidine groups is 1. The summed E-state index contributed by atoms with van der Waals surface area (Å²) in [6, 6.07) is 10.9. The molecule has 0 unspecified atom stereocenters. The van der Waals surface area contributed by atoms with Gasteiger partial charge in [0.2, 0.25) is 0 Å². The first kappa shape index (κ1) is 19.9. The minimum absolute atomic E-state index is 0.262. The lowest BCUT2D eigenvalue weighted by Crippen LogP contribution is -2.49. The molecule has 0 bridgehead atoms. The number of benzene rings is 1. The molecule has 2 N–H and O–H groups in total. The monoisotopic (exact) mass is 394 g/mol. The topological polar surface area (TPSA) is 67.1 Å². The third-order valence-corrected chi connectivity index (χ3v) is 6.57. The van der Waals surface area contributed by atoms with Gasteiger partial charge in [0.05, 0.1) is 0 Å². The van der Waals surface area contributed by atoms with Gasteiger partial charge in [0, 0.05) is 44.9 Å². The third-order valence-electron chi connectivity index (χ3n) is 6.57. The average Bonchev–Trinajstić information content (AvgIpc) is 2.95. The molecule has 1 saturated carbocycles. The molecule has 4 rings (SSSR count). The highest BCUT2D eigenvalue weighted by molar-refractivity contribution is 5.79. The van der Waals surface area contributed by atoms with E-state index in [2.05, 4.69) is 60.7 Å². The van der Waals surface area contributed by atoms with E-state index in [1.54, 1.807) is 0 Å². The number of fused-ring (bicyclic) bond motifs is 1. The molecular formula is C23H34N6. The van der Waals surface area contributed by atoms with Gasteiger partial charge in [0.15, 0.2) is 5.96 Å². The van der Waals surface area contributed by atoms with Gasteiger partial charge in [-0.3, -0.25) is 4.99 Å². The Labute approximate surface area is 174 Å². The van der Waals surface area contributed by atoms with Crippen molar-refractivity contribution in [2.75, 3.05) is 20.1 Å². The summed E-state index contributed by atoms with van der Waals surface area (Å²) >= 11 is 0. The minimum atomic E-state index is 0.262. The Morgan fingerprint density at radius 2 is 1.93 bits per heavy atom. The van der Waals surface area contributed by atoms with Crippen LogP contribution in [0.4, 0.5) is 0 Å². The van der Waals surface area contributed by atoms with Crippen molar-refractivity contribution < 1.29 is 0 Å². The normalized spacial score (nSPS) is 18.4. The van der Waals surface area contributed by atoms with Crippen molar-refractivity contribution >= 4 is 5.96 Å². The Kier molecular flexibility index (Phi) is 6.47. The van der Waals surface area contributed by atoms with Crippen LogP contribution in [0.5, 0.6) is 0 Å². The van der Waals surface area contributed by atoms with Gasteiger partial charge in [-0.05, 0) is 37.7 Å². The summed E-state index contributed by atoms with van der Waals surface area (Å²) in [5.74, 6) is 3.21. The third kappa shape index (κ3) is 4.62. The molecule has 1 fully saturated rings. The van der Waals surface area contributed by atoms with Crippen LogP contribution < -0.4 is 10.6 Å². The molecule has 0 radical (unpaired) electrons. The fourth-order valence-corrected chi connectivity index (χ4v) is 4.62. The number of hydrogen-bond donors (Lipinski definition) is 2. The van der Waals surface area contributed by atoms with E-state index < -0.39 is 0 Å². The Morgan fingerprint density at radius 3 is 2.69 bits per heavy atom. The second-order valence-corrected chi connectivity index (χ2v) is 8.45. The van der Waals surface area contributed by atoms with Gasteiger partial charge in [-0.2, -0.15) is 0 Å². The van der Waals surface area contributed by atoms with Gasteiger partial charge in [-0.1, -0.05) is 43.2 Å². The molecule has 1 aliphatic heterocycles. The zero-order chi connectivity index (χ0) is 19.9. The number of nitrogens with zero attached hydrogens (tertiary/aromatic N) is 4. The van der Waals surface area contributed by atoms with Crippen molar-refractivity contribution in [3.05, 3.63) is 47.5 Å². The predicted octanol–water partition coefficient (Wildman–Crippen LogP) is 3.22. The molecule has 0 amide bonds. The van der Waals surface area contributed by atoms with Gasteiger partial charge >= 0.3 is 0 Å². The maximum Gasteiger partial charge on any atom is 0.191 e. The summed E-state index contributed by atoms with van der Waals surface area (Å²) in [4.78, 5) is 4.42. The van der Waals surface area contributed by atoms with E-state index in [9.17, 15) is 0 Å². The van der Waals surface area contributed by atoms with E-state index in [0.29, 0.717) is 0 Å². The first-order valence-corrected chi connectivity index (χ1v) is 11.2. The van der Waals surface area contributed by atoms with E-state index >= 15 is 0 Å². The Morgan fingerprint density at radius 1 is 1.07 bits per heavy atom. The van der Waals surface area contributed by atoms with Crippen LogP contribution >= 0.6 is 0 Å². The Hall–Kier alpha value is -2.37. The quantitative estimate of drug-likeness (QED) is 0.430. The maximum absolute atomic E-state index is 4.44. The van der Waals surface area contributed by atoms with Gasteiger partial charge in [0.25, 0.3) is 0 Å². The summed E-state index contributed by atoms with van der Waals surface area (Å²) in [6.07, 6.45) is 10.7. The molecule has 0 spiro atoms. The van der Waals surface area contributed by atoms with Gasteiger partial charge in [0.1, 0.15) is 11.6 Å². The minimum Gasteiger partial charge on any atom is -0.356 e. The number of aliphatic imine (C=N–C) groups is 1. The zero-order valence-electron chi connectivity index (χ0n) is 17.7. The number of hydrogen-bond acceptors (Lipinski definition) is 3. The van der Waals surface area contributed by atoms with Crippen LogP contribution in [-0.2, 0) is 24.8 Å². The van der Waals surface area contributed by atoms with Crippen LogP contribution in [0, 0.1) is 0 Å². The molecule has 156 valence electrons. The molecule has 2 heterocycles. The molecule has 1 aromatic heterocycles. The average molecular weight is 395 g/mol. The number of aryl methyl sites for hydroxylation is 2.